The van der Waals surface area contributed by atoms with Crippen molar-refractivity contribution in [3.05, 3.63) is 24.4 Å². The van der Waals surface area contributed by atoms with E-state index in [1.807, 2.05) is 28.8 Å². The van der Waals surface area contributed by atoms with E-state index < -0.39 is 0 Å². The van der Waals surface area contributed by atoms with Gasteiger partial charge in [0.1, 0.15) is 0 Å². The molecule has 1 amide bonds. The molecule has 1 saturated carbocycles. The van der Waals surface area contributed by atoms with Gasteiger partial charge in [-0.25, -0.2) is 0 Å². The molecule has 0 bridgehead atoms. The van der Waals surface area contributed by atoms with E-state index in [2.05, 4.69) is 29.4 Å². The number of thioether (sulfide) groups is 1. The lowest BCUT2D eigenvalue weighted by Crippen LogP contribution is -2.44. The minimum Gasteiger partial charge on any atom is -0.352 e. The van der Waals surface area contributed by atoms with E-state index in [1.165, 1.54) is 24.6 Å². The van der Waals surface area contributed by atoms with Crippen molar-refractivity contribution < 1.29 is 4.79 Å². The van der Waals surface area contributed by atoms with Gasteiger partial charge in [0.2, 0.25) is 5.91 Å². The third kappa shape index (κ3) is 3.27. The zero-order valence-corrected chi connectivity index (χ0v) is 13.8. The van der Waals surface area contributed by atoms with Crippen molar-refractivity contribution in [2.24, 2.45) is 11.8 Å². The standard InChI is InChI=1S/C16H22N4OS/c1-11-6-5-7-13(12(11)2)17-15(21)10-22-16-19-18-14-8-3-4-9-20(14)16/h3-4,8-9,11-13H,5-7,10H2,1-2H3,(H,17,21). The van der Waals surface area contributed by atoms with Gasteiger partial charge in [0.05, 0.1) is 5.75 Å². The van der Waals surface area contributed by atoms with Gasteiger partial charge in [0.15, 0.2) is 10.8 Å². The first-order valence-corrected chi connectivity index (χ1v) is 8.85. The number of carbonyl (C=O) groups excluding carboxylic acids is 1. The van der Waals surface area contributed by atoms with Crippen LogP contribution in [0.3, 0.4) is 0 Å². The molecule has 0 aromatic carbocycles. The highest BCUT2D eigenvalue weighted by atomic mass is 32.2. The molecule has 2 aromatic heterocycles. The molecule has 3 unspecified atom stereocenters. The van der Waals surface area contributed by atoms with Crippen LogP contribution in [0.1, 0.15) is 33.1 Å². The summed E-state index contributed by atoms with van der Waals surface area (Å²) in [4.78, 5) is 12.2. The maximum Gasteiger partial charge on any atom is 0.230 e. The van der Waals surface area contributed by atoms with E-state index in [1.54, 1.807) is 0 Å². The summed E-state index contributed by atoms with van der Waals surface area (Å²) in [6.45, 7) is 4.52. The van der Waals surface area contributed by atoms with Crippen molar-refractivity contribution in [2.45, 2.75) is 44.3 Å². The molecule has 1 fully saturated rings. The van der Waals surface area contributed by atoms with Gasteiger partial charge < -0.3 is 5.32 Å². The van der Waals surface area contributed by atoms with Crippen molar-refractivity contribution in [2.75, 3.05) is 5.75 Å². The number of nitrogens with one attached hydrogen (secondary N) is 1. The van der Waals surface area contributed by atoms with E-state index in [0.29, 0.717) is 23.6 Å². The molecule has 3 rings (SSSR count). The maximum absolute atomic E-state index is 12.2. The lowest BCUT2D eigenvalue weighted by atomic mass is 9.78. The normalized spacial score (nSPS) is 25.3. The van der Waals surface area contributed by atoms with Crippen molar-refractivity contribution in [3.63, 3.8) is 0 Å². The number of rotatable bonds is 4. The molecule has 0 spiro atoms. The smallest absolute Gasteiger partial charge is 0.230 e. The topological polar surface area (TPSA) is 59.3 Å². The average molecular weight is 318 g/mol. The van der Waals surface area contributed by atoms with Crippen LogP contribution >= 0.6 is 11.8 Å². The minimum atomic E-state index is 0.0867. The summed E-state index contributed by atoms with van der Waals surface area (Å²) in [6.07, 6.45) is 5.49. The number of aromatic nitrogens is 3. The Morgan fingerprint density at radius 2 is 2.23 bits per heavy atom. The fourth-order valence-corrected chi connectivity index (χ4v) is 3.82. The first kappa shape index (κ1) is 15.3. The minimum absolute atomic E-state index is 0.0867. The predicted octanol–water partition coefficient (Wildman–Crippen LogP) is 2.76. The zero-order valence-electron chi connectivity index (χ0n) is 13.0. The number of fused-ring (bicyclic) bond motifs is 1. The first-order valence-electron chi connectivity index (χ1n) is 7.87. The van der Waals surface area contributed by atoms with Crippen LogP contribution in [-0.4, -0.2) is 32.3 Å². The summed E-state index contributed by atoms with van der Waals surface area (Å²) >= 11 is 1.43. The number of amides is 1. The van der Waals surface area contributed by atoms with Gasteiger partial charge in [-0.15, -0.1) is 10.2 Å². The molecule has 1 aliphatic rings. The monoisotopic (exact) mass is 318 g/mol. The largest absolute Gasteiger partial charge is 0.352 e. The quantitative estimate of drug-likeness (QED) is 0.881. The molecule has 2 aromatic rings. The Labute approximate surface area is 134 Å². The highest BCUT2D eigenvalue weighted by Crippen LogP contribution is 2.29. The fraction of sp³-hybridized carbons (Fsp3) is 0.562. The van der Waals surface area contributed by atoms with Gasteiger partial charge in [-0.1, -0.05) is 44.5 Å². The van der Waals surface area contributed by atoms with Crippen LogP contribution in [0.2, 0.25) is 0 Å². The number of hydrogen-bond acceptors (Lipinski definition) is 4. The lowest BCUT2D eigenvalue weighted by Gasteiger charge is -2.34. The molecule has 0 saturated heterocycles. The molecule has 1 N–H and O–H groups in total. The first-order chi connectivity index (χ1) is 10.6. The van der Waals surface area contributed by atoms with Gasteiger partial charge in [0, 0.05) is 12.2 Å². The molecule has 1 aliphatic carbocycles. The summed E-state index contributed by atoms with van der Waals surface area (Å²) in [5.74, 6) is 1.71. The van der Waals surface area contributed by atoms with Crippen molar-refractivity contribution in [1.82, 2.24) is 19.9 Å². The van der Waals surface area contributed by atoms with Crippen LogP contribution in [0.5, 0.6) is 0 Å². The highest BCUT2D eigenvalue weighted by Gasteiger charge is 2.28. The van der Waals surface area contributed by atoms with Gasteiger partial charge >= 0.3 is 0 Å². The Morgan fingerprint density at radius 3 is 3.09 bits per heavy atom. The zero-order chi connectivity index (χ0) is 15.5. The van der Waals surface area contributed by atoms with Crippen molar-refractivity contribution in [3.8, 4) is 0 Å². The highest BCUT2D eigenvalue weighted by molar-refractivity contribution is 7.99. The second kappa shape index (κ2) is 6.69. The summed E-state index contributed by atoms with van der Waals surface area (Å²) in [5, 5.41) is 12.2. The molecular formula is C16H22N4OS. The van der Waals surface area contributed by atoms with Crippen LogP contribution in [0.4, 0.5) is 0 Å². The number of nitrogens with zero attached hydrogens (tertiary/aromatic N) is 3. The van der Waals surface area contributed by atoms with E-state index in [9.17, 15) is 4.79 Å². The molecule has 5 nitrogen and oxygen atoms in total. The van der Waals surface area contributed by atoms with Crippen molar-refractivity contribution >= 4 is 23.3 Å². The SMILES string of the molecule is CC1CCCC(NC(=O)CSc2nnc3ccccn23)C1C. The molecule has 118 valence electrons. The molecule has 3 atom stereocenters. The van der Waals surface area contributed by atoms with Gasteiger partial charge in [0.25, 0.3) is 0 Å². The van der Waals surface area contributed by atoms with Gasteiger partial charge in [-0.05, 0) is 30.4 Å². The summed E-state index contributed by atoms with van der Waals surface area (Å²) in [5.41, 5.74) is 0.806. The number of carbonyl (C=O) groups is 1. The Hall–Kier alpha value is -1.56. The second-order valence-corrected chi connectivity index (χ2v) is 7.08. The van der Waals surface area contributed by atoms with E-state index in [-0.39, 0.29) is 5.91 Å². The Morgan fingerprint density at radius 1 is 1.36 bits per heavy atom. The van der Waals surface area contributed by atoms with Crippen molar-refractivity contribution in [1.29, 1.82) is 0 Å². The number of hydrogen-bond donors (Lipinski definition) is 1. The summed E-state index contributed by atoms with van der Waals surface area (Å²) < 4.78 is 1.91. The Balaban J connectivity index is 1.56. The average Bonchev–Trinajstić information content (AvgIpc) is 2.93. The Bertz CT molecular complexity index is 656. The molecule has 6 heteroatoms. The Kier molecular flexibility index (Phi) is 4.66. The van der Waals surface area contributed by atoms with Crippen LogP contribution < -0.4 is 5.32 Å². The summed E-state index contributed by atoms with van der Waals surface area (Å²) in [7, 11) is 0. The van der Waals surface area contributed by atoms with E-state index in [0.717, 1.165) is 17.2 Å². The third-order valence-corrected chi connectivity index (χ3v) is 5.61. The lowest BCUT2D eigenvalue weighted by molar-refractivity contribution is -0.120. The molecule has 0 radical (unpaired) electrons. The third-order valence-electron chi connectivity index (χ3n) is 4.67. The molecule has 22 heavy (non-hydrogen) atoms. The fourth-order valence-electron chi connectivity index (χ4n) is 3.08. The number of pyridine rings is 1. The summed E-state index contributed by atoms with van der Waals surface area (Å²) in [6, 6.07) is 6.08. The van der Waals surface area contributed by atoms with Crippen LogP contribution in [0.15, 0.2) is 29.6 Å². The van der Waals surface area contributed by atoms with Gasteiger partial charge in [-0.3, -0.25) is 9.20 Å². The molecular weight excluding hydrogens is 296 g/mol. The predicted molar refractivity (Wildman–Crippen MR) is 87.8 cm³/mol. The van der Waals surface area contributed by atoms with Crippen LogP contribution in [-0.2, 0) is 4.79 Å². The molecule has 2 heterocycles. The molecule has 0 aliphatic heterocycles. The maximum atomic E-state index is 12.2. The van der Waals surface area contributed by atoms with Crippen LogP contribution in [0.25, 0.3) is 5.65 Å². The second-order valence-electron chi connectivity index (χ2n) is 6.14. The van der Waals surface area contributed by atoms with Crippen LogP contribution in [0, 0.1) is 11.8 Å². The van der Waals surface area contributed by atoms with E-state index in [4.69, 9.17) is 0 Å². The van der Waals surface area contributed by atoms with E-state index >= 15 is 0 Å². The van der Waals surface area contributed by atoms with Gasteiger partial charge in [-0.2, -0.15) is 0 Å².